The van der Waals surface area contributed by atoms with Gasteiger partial charge in [-0.25, -0.2) is 4.57 Å². The highest BCUT2D eigenvalue weighted by Gasteiger charge is 2.21. The van der Waals surface area contributed by atoms with Gasteiger partial charge in [-0.15, -0.1) is 0 Å². The first-order valence-corrected chi connectivity index (χ1v) is 4.13. The topological polar surface area (TPSA) is 15.9 Å². The Morgan fingerprint density at radius 1 is 1.17 bits per heavy atom. The summed E-state index contributed by atoms with van der Waals surface area (Å²) in [5.74, 6) is 0. The number of hydrogen-bond donors (Lipinski definition) is 1. The van der Waals surface area contributed by atoms with Crippen molar-refractivity contribution in [2.75, 3.05) is 13.1 Å². The smallest absolute Gasteiger partial charge is 0.171 e. The number of nitrogens with one attached hydrogen (secondary N) is 1. The van der Waals surface area contributed by atoms with Crippen molar-refractivity contribution < 1.29 is 17.0 Å². The summed E-state index contributed by atoms with van der Waals surface area (Å²) in [6, 6.07) is 6.89. The van der Waals surface area contributed by atoms with Crippen molar-refractivity contribution in [2.24, 2.45) is 0 Å². The van der Waals surface area contributed by atoms with Crippen molar-refractivity contribution in [2.45, 2.75) is 12.5 Å². The summed E-state index contributed by atoms with van der Waals surface area (Å²) >= 11 is 0. The summed E-state index contributed by atoms with van der Waals surface area (Å²) in [5, 5.41) is 3.35. The van der Waals surface area contributed by atoms with Crippen molar-refractivity contribution in [3.05, 3.63) is 30.6 Å². The van der Waals surface area contributed by atoms with Crippen LogP contribution in [0.3, 0.4) is 0 Å². The maximum absolute atomic E-state index is 3.35. The van der Waals surface area contributed by atoms with E-state index in [9.17, 15) is 0 Å². The van der Waals surface area contributed by atoms with Crippen molar-refractivity contribution in [1.29, 1.82) is 0 Å². The van der Waals surface area contributed by atoms with Gasteiger partial charge in [-0.2, -0.15) is 0 Å². The molecule has 66 valence electrons. The molecule has 2 rings (SSSR count). The molecule has 1 aromatic rings. The van der Waals surface area contributed by atoms with Crippen LogP contribution in [0.2, 0.25) is 0 Å². The van der Waals surface area contributed by atoms with Crippen LogP contribution in [0.25, 0.3) is 0 Å². The zero-order valence-electron chi connectivity index (χ0n) is 6.91. The Morgan fingerprint density at radius 2 is 1.92 bits per heavy atom. The zero-order valence-corrected chi connectivity index (χ0v) is 7.67. The highest BCUT2D eigenvalue weighted by molar-refractivity contribution is 4.84. The summed E-state index contributed by atoms with van der Waals surface area (Å²) in [5.41, 5.74) is 0. The first-order chi connectivity index (χ1) is 5.47. The minimum absolute atomic E-state index is 0. The number of halogens is 1. The molecule has 1 aromatic heterocycles. The normalized spacial score (nSPS) is 21.8. The Bertz CT molecular complexity index is 219. The van der Waals surface area contributed by atoms with Crippen LogP contribution in [0.1, 0.15) is 12.5 Å². The first kappa shape index (κ1) is 9.49. The zero-order chi connectivity index (χ0) is 7.52. The molecule has 12 heavy (non-hydrogen) atoms. The van der Waals surface area contributed by atoms with Gasteiger partial charge < -0.3 is 17.7 Å². The number of nitrogens with zero attached hydrogens (tertiary/aromatic N) is 1. The summed E-state index contributed by atoms with van der Waals surface area (Å²) in [6.07, 6.45) is 5.53. The van der Waals surface area contributed by atoms with E-state index in [4.69, 9.17) is 0 Å². The third kappa shape index (κ3) is 1.96. The maximum Gasteiger partial charge on any atom is 0.171 e. The second-order valence-electron chi connectivity index (χ2n) is 2.97. The predicted molar refractivity (Wildman–Crippen MR) is 43.2 cm³/mol. The summed E-state index contributed by atoms with van der Waals surface area (Å²) in [6.45, 7) is 2.28. The Hall–Kier alpha value is -0.600. The van der Waals surface area contributed by atoms with E-state index in [1.807, 2.05) is 0 Å². The quantitative estimate of drug-likeness (QED) is 0.478. The van der Waals surface area contributed by atoms with Crippen molar-refractivity contribution in [3.8, 4) is 0 Å². The van der Waals surface area contributed by atoms with E-state index in [0.717, 1.165) is 13.1 Å². The number of hydrogen-bond acceptors (Lipinski definition) is 1. The second-order valence-corrected chi connectivity index (χ2v) is 2.97. The van der Waals surface area contributed by atoms with E-state index >= 15 is 0 Å². The van der Waals surface area contributed by atoms with Gasteiger partial charge in [0.15, 0.2) is 18.4 Å². The van der Waals surface area contributed by atoms with Crippen LogP contribution in [0, 0.1) is 0 Å². The lowest BCUT2D eigenvalue weighted by Gasteiger charge is -2.00. The molecule has 1 aliphatic rings. The molecule has 2 heterocycles. The minimum atomic E-state index is 0. The number of rotatable bonds is 1. The molecule has 0 aliphatic carbocycles. The predicted octanol–water partition coefficient (Wildman–Crippen LogP) is -2.49. The molecular weight excluding hydrogens is 172 g/mol. The van der Waals surface area contributed by atoms with Gasteiger partial charge in [-0.1, -0.05) is 6.07 Å². The van der Waals surface area contributed by atoms with Crippen LogP contribution in [-0.2, 0) is 0 Å². The lowest BCUT2D eigenvalue weighted by molar-refractivity contribution is -0.718. The Morgan fingerprint density at radius 3 is 2.50 bits per heavy atom. The van der Waals surface area contributed by atoms with Gasteiger partial charge in [0.2, 0.25) is 0 Å². The van der Waals surface area contributed by atoms with E-state index in [2.05, 4.69) is 40.5 Å². The van der Waals surface area contributed by atoms with Crippen LogP contribution >= 0.6 is 0 Å². The maximum atomic E-state index is 3.35. The van der Waals surface area contributed by atoms with E-state index in [1.165, 1.54) is 6.42 Å². The fourth-order valence-electron chi connectivity index (χ4n) is 1.55. The molecule has 1 atom stereocenters. The van der Waals surface area contributed by atoms with Gasteiger partial charge >= 0.3 is 0 Å². The lowest BCUT2D eigenvalue weighted by Crippen LogP contribution is -3.00. The molecule has 0 saturated carbocycles. The van der Waals surface area contributed by atoms with E-state index in [0.29, 0.717) is 6.04 Å². The molecule has 1 aliphatic heterocycles. The number of aromatic nitrogens is 1. The van der Waals surface area contributed by atoms with Crippen LogP contribution < -0.4 is 22.3 Å². The van der Waals surface area contributed by atoms with E-state index in [-0.39, 0.29) is 12.4 Å². The Labute approximate surface area is 79.0 Å². The van der Waals surface area contributed by atoms with E-state index in [1.54, 1.807) is 0 Å². The van der Waals surface area contributed by atoms with E-state index < -0.39 is 0 Å². The Balaban J connectivity index is 0.000000720. The van der Waals surface area contributed by atoms with Crippen molar-refractivity contribution in [1.82, 2.24) is 5.32 Å². The molecular formula is C9H13ClN2. The Kier molecular flexibility index (Phi) is 3.50. The average molecular weight is 185 g/mol. The fraction of sp³-hybridized carbons (Fsp3) is 0.444. The molecule has 0 spiro atoms. The van der Waals surface area contributed by atoms with Gasteiger partial charge in [0.25, 0.3) is 0 Å². The second kappa shape index (κ2) is 4.43. The van der Waals surface area contributed by atoms with Crippen molar-refractivity contribution in [3.63, 3.8) is 0 Å². The summed E-state index contributed by atoms with van der Waals surface area (Å²) in [4.78, 5) is 0. The van der Waals surface area contributed by atoms with Gasteiger partial charge in [0, 0.05) is 25.1 Å². The molecule has 0 radical (unpaired) electrons. The lowest BCUT2D eigenvalue weighted by atomic mass is 10.2. The molecule has 0 aromatic carbocycles. The number of pyridine rings is 1. The molecule has 1 fully saturated rings. The highest BCUT2D eigenvalue weighted by atomic mass is 35.5. The van der Waals surface area contributed by atoms with Crippen LogP contribution in [0.5, 0.6) is 0 Å². The van der Waals surface area contributed by atoms with Crippen molar-refractivity contribution >= 4 is 0 Å². The molecule has 0 bridgehead atoms. The summed E-state index contributed by atoms with van der Waals surface area (Å²) in [7, 11) is 0. The fourth-order valence-corrected chi connectivity index (χ4v) is 1.55. The van der Waals surface area contributed by atoms with Gasteiger partial charge in [-0.05, 0) is 0 Å². The molecule has 1 N–H and O–H groups in total. The van der Waals surface area contributed by atoms with Gasteiger partial charge in [0.1, 0.15) is 0 Å². The minimum Gasteiger partial charge on any atom is -1.00 e. The van der Waals surface area contributed by atoms with Crippen LogP contribution in [0.15, 0.2) is 30.6 Å². The van der Waals surface area contributed by atoms with Gasteiger partial charge in [0.05, 0.1) is 6.54 Å². The first-order valence-electron chi connectivity index (χ1n) is 4.13. The molecule has 0 amide bonds. The molecule has 2 nitrogen and oxygen atoms in total. The standard InChI is InChI=1S/C9H13N2.ClH/c1-2-6-11(7-3-1)9-4-5-10-8-9;/h1-3,6-7,9-10H,4-5,8H2;1H/q+1;/p-1. The van der Waals surface area contributed by atoms with Gasteiger partial charge in [-0.3, -0.25) is 0 Å². The summed E-state index contributed by atoms with van der Waals surface area (Å²) < 4.78 is 2.28. The SMILES string of the molecule is [Cl-].c1cc[n+](C2CCNC2)cc1. The molecule has 3 heteroatoms. The third-order valence-corrected chi connectivity index (χ3v) is 2.19. The molecule has 1 unspecified atom stereocenters. The molecule has 1 saturated heterocycles. The largest absolute Gasteiger partial charge is 1.00 e. The van der Waals surface area contributed by atoms with Crippen LogP contribution in [-0.4, -0.2) is 13.1 Å². The highest BCUT2D eigenvalue weighted by Crippen LogP contribution is 2.05. The monoisotopic (exact) mass is 184 g/mol. The average Bonchev–Trinajstić information content (AvgIpc) is 2.58. The third-order valence-electron chi connectivity index (χ3n) is 2.19. The van der Waals surface area contributed by atoms with Crippen LogP contribution in [0.4, 0.5) is 0 Å².